The van der Waals surface area contributed by atoms with Crippen molar-refractivity contribution in [2.75, 3.05) is 12.3 Å². The Morgan fingerprint density at radius 2 is 2.17 bits per heavy atom. The van der Waals surface area contributed by atoms with Crippen LogP contribution >= 0.6 is 11.8 Å². The minimum Gasteiger partial charge on any atom is -0.480 e. The first-order valence-corrected chi connectivity index (χ1v) is 7.52. The van der Waals surface area contributed by atoms with Gasteiger partial charge in [-0.1, -0.05) is 13.3 Å². The third-order valence-electron chi connectivity index (χ3n) is 3.05. The van der Waals surface area contributed by atoms with Gasteiger partial charge in [0.05, 0.1) is 5.37 Å². The fraction of sp³-hybridized carbons (Fsp3) is 0.833. The molecule has 6 heteroatoms. The van der Waals surface area contributed by atoms with Crippen LogP contribution in [0.25, 0.3) is 0 Å². The zero-order valence-corrected chi connectivity index (χ0v) is 11.6. The molecule has 104 valence electrons. The first-order valence-electron chi connectivity index (χ1n) is 6.47. The number of thioether (sulfide) groups is 1. The fourth-order valence-electron chi connectivity index (χ4n) is 2.11. The third-order valence-corrected chi connectivity index (χ3v) is 4.40. The van der Waals surface area contributed by atoms with Crippen LogP contribution < -0.4 is 5.73 Å². The van der Waals surface area contributed by atoms with Gasteiger partial charge in [0.1, 0.15) is 6.04 Å². The molecule has 3 N–H and O–H groups in total. The number of rotatable bonds is 7. The van der Waals surface area contributed by atoms with E-state index in [9.17, 15) is 9.59 Å². The first kappa shape index (κ1) is 15.3. The molecule has 0 aliphatic carbocycles. The van der Waals surface area contributed by atoms with Gasteiger partial charge in [0.2, 0.25) is 5.91 Å². The lowest BCUT2D eigenvalue weighted by Gasteiger charge is -2.27. The van der Waals surface area contributed by atoms with Crippen molar-refractivity contribution in [3.05, 3.63) is 0 Å². The Balaban J connectivity index is 2.63. The van der Waals surface area contributed by atoms with Gasteiger partial charge in [-0.3, -0.25) is 4.79 Å². The maximum Gasteiger partial charge on any atom is 0.327 e. The number of hydrogen-bond donors (Lipinski definition) is 2. The van der Waals surface area contributed by atoms with E-state index in [2.05, 4.69) is 0 Å². The zero-order chi connectivity index (χ0) is 13.5. The predicted octanol–water partition coefficient (Wildman–Crippen LogP) is 1.27. The molecule has 0 bridgehead atoms. The summed E-state index contributed by atoms with van der Waals surface area (Å²) in [6, 6.07) is -0.656. The van der Waals surface area contributed by atoms with E-state index < -0.39 is 12.0 Å². The lowest BCUT2D eigenvalue weighted by molar-refractivity contribution is -0.149. The highest BCUT2D eigenvalue weighted by molar-refractivity contribution is 8.00. The molecule has 1 amide bonds. The van der Waals surface area contributed by atoms with Crippen molar-refractivity contribution < 1.29 is 14.7 Å². The van der Waals surface area contributed by atoms with E-state index in [0.29, 0.717) is 18.7 Å². The van der Waals surface area contributed by atoms with Crippen LogP contribution in [0.4, 0.5) is 0 Å². The number of nitrogens with zero attached hydrogens (tertiary/aromatic N) is 1. The van der Waals surface area contributed by atoms with E-state index in [4.69, 9.17) is 10.8 Å². The summed E-state index contributed by atoms with van der Waals surface area (Å²) in [5, 5.41) is 9.19. The van der Waals surface area contributed by atoms with E-state index in [1.807, 2.05) is 6.92 Å². The molecule has 1 saturated heterocycles. The Morgan fingerprint density at radius 3 is 2.72 bits per heavy atom. The van der Waals surface area contributed by atoms with Crippen molar-refractivity contribution in [1.82, 2.24) is 4.90 Å². The minimum absolute atomic E-state index is 0.0291. The summed E-state index contributed by atoms with van der Waals surface area (Å²) in [4.78, 5) is 24.9. The number of hydrogen-bond acceptors (Lipinski definition) is 4. The molecule has 1 aliphatic heterocycles. The normalized spacial score (nSPS) is 23.3. The van der Waals surface area contributed by atoms with Crippen molar-refractivity contribution in [2.45, 2.75) is 50.4 Å². The average Bonchev–Trinajstić information content (AvgIpc) is 2.73. The van der Waals surface area contributed by atoms with Crippen LogP contribution in [-0.2, 0) is 9.59 Å². The van der Waals surface area contributed by atoms with Crippen LogP contribution in [0.5, 0.6) is 0 Å². The van der Waals surface area contributed by atoms with Gasteiger partial charge in [-0.2, -0.15) is 0 Å². The summed E-state index contributed by atoms with van der Waals surface area (Å²) in [6.45, 7) is 2.62. The highest BCUT2D eigenvalue weighted by atomic mass is 32.2. The van der Waals surface area contributed by atoms with E-state index in [-0.39, 0.29) is 11.3 Å². The maximum absolute atomic E-state index is 12.1. The Bertz CT molecular complexity index is 299. The summed E-state index contributed by atoms with van der Waals surface area (Å²) in [5.74, 6) is -0.435. The molecule has 0 radical (unpaired) electrons. The van der Waals surface area contributed by atoms with Gasteiger partial charge in [0.15, 0.2) is 0 Å². The SMILES string of the molecule is CCCC1SCC(C(=O)O)N1C(=O)CCCCN. The number of unbranched alkanes of at least 4 members (excludes halogenated alkanes) is 1. The van der Waals surface area contributed by atoms with Crippen LogP contribution in [-0.4, -0.2) is 45.6 Å². The summed E-state index contributed by atoms with van der Waals surface area (Å²) < 4.78 is 0. The van der Waals surface area contributed by atoms with E-state index >= 15 is 0 Å². The van der Waals surface area contributed by atoms with E-state index in [1.54, 1.807) is 16.7 Å². The standard InChI is InChI=1S/C12H22N2O3S/c1-2-5-11-14(9(8-18-11)12(16)17)10(15)6-3-4-7-13/h9,11H,2-8,13H2,1H3,(H,16,17). The number of carbonyl (C=O) groups is 2. The summed E-state index contributed by atoms with van der Waals surface area (Å²) >= 11 is 1.58. The molecule has 2 atom stereocenters. The molecule has 2 unspecified atom stereocenters. The Labute approximate surface area is 112 Å². The fourth-order valence-corrected chi connectivity index (χ4v) is 3.64. The van der Waals surface area contributed by atoms with Gasteiger partial charge in [-0.15, -0.1) is 11.8 Å². The maximum atomic E-state index is 12.1. The van der Waals surface area contributed by atoms with Crippen molar-refractivity contribution in [3.63, 3.8) is 0 Å². The Kier molecular flexibility index (Phi) is 6.49. The van der Waals surface area contributed by atoms with Crippen molar-refractivity contribution in [1.29, 1.82) is 0 Å². The van der Waals surface area contributed by atoms with Gasteiger partial charge in [0, 0.05) is 12.2 Å². The van der Waals surface area contributed by atoms with Crippen LogP contribution in [0.1, 0.15) is 39.0 Å². The average molecular weight is 274 g/mol. The monoisotopic (exact) mass is 274 g/mol. The third kappa shape index (κ3) is 3.88. The Hall–Kier alpha value is -0.750. The largest absolute Gasteiger partial charge is 0.480 e. The van der Waals surface area contributed by atoms with Crippen molar-refractivity contribution in [2.24, 2.45) is 5.73 Å². The molecule has 0 aromatic heterocycles. The van der Waals surface area contributed by atoms with E-state index in [0.717, 1.165) is 25.7 Å². The predicted molar refractivity (Wildman–Crippen MR) is 72.3 cm³/mol. The smallest absolute Gasteiger partial charge is 0.327 e. The van der Waals surface area contributed by atoms with Gasteiger partial charge >= 0.3 is 5.97 Å². The van der Waals surface area contributed by atoms with Gasteiger partial charge in [-0.25, -0.2) is 4.79 Å². The molecule has 0 saturated carbocycles. The first-order chi connectivity index (χ1) is 8.61. The van der Waals surface area contributed by atoms with Crippen LogP contribution in [0.3, 0.4) is 0 Å². The topological polar surface area (TPSA) is 83.6 Å². The molecule has 0 spiro atoms. The summed E-state index contributed by atoms with van der Waals surface area (Å²) in [6.07, 6.45) is 3.76. The second-order valence-corrected chi connectivity index (χ2v) is 5.69. The quantitative estimate of drug-likeness (QED) is 0.683. The molecule has 0 aromatic rings. The summed E-state index contributed by atoms with van der Waals surface area (Å²) in [7, 11) is 0. The number of carbonyl (C=O) groups excluding carboxylic acids is 1. The molecule has 1 aliphatic rings. The molecular formula is C12H22N2O3S. The lowest BCUT2D eigenvalue weighted by Crippen LogP contribution is -2.45. The molecule has 1 rings (SSSR count). The number of amides is 1. The number of nitrogens with two attached hydrogens (primary N) is 1. The van der Waals surface area contributed by atoms with Crippen molar-refractivity contribution in [3.8, 4) is 0 Å². The molecule has 1 fully saturated rings. The molecule has 18 heavy (non-hydrogen) atoms. The summed E-state index contributed by atoms with van der Waals surface area (Å²) in [5.41, 5.74) is 5.40. The van der Waals surface area contributed by atoms with Crippen molar-refractivity contribution >= 4 is 23.6 Å². The molecule has 0 aromatic carbocycles. The molecule has 1 heterocycles. The second-order valence-electron chi connectivity index (χ2n) is 4.48. The van der Waals surface area contributed by atoms with Crippen LogP contribution in [0, 0.1) is 0 Å². The van der Waals surface area contributed by atoms with Gasteiger partial charge in [-0.05, 0) is 25.8 Å². The van der Waals surface area contributed by atoms with Crippen LogP contribution in [0.2, 0.25) is 0 Å². The lowest BCUT2D eigenvalue weighted by atomic mass is 10.1. The Morgan fingerprint density at radius 1 is 1.44 bits per heavy atom. The van der Waals surface area contributed by atoms with Gasteiger partial charge < -0.3 is 15.7 Å². The minimum atomic E-state index is -0.895. The number of carboxylic acids is 1. The van der Waals surface area contributed by atoms with Gasteiger partial charge in [0.25, 0.3) is 0 Å². The number of carboxylic acid groups (broad SMARTS) is 1. The highest BCUT2D eigenvalue weighted by Crippen LogP contribution is 2.33. The number of aliphatic carboxylic acids is 1. The molecular weight excluding hydrogens is 252 g/mol. The van der Waals surface area contributed by atoms with E-state index in [1.165, 1.54) is 0 Å². The molecule has 5 nitrogen and oxygen atoms in total. The zero-order valence-electron chi connectivity index (χ0n) is 10.8. The second kappa shape index (κ2) is 7.63. The van der Waals surface area contributed by atoms with Crippen LogP contribution in [0.15, 0.2) is 0 Å². The highest BCUT2D eigenvalue weighted by Gasteiger charge is 2.40.